The van der Waals surface area contributed by atoms with Crippen LogP contribution in [0.4, 0.5) is 0 Å². The molecule has 0 saturated carbocycles. The fraction of sp³-hybridized carbons (Fsp3) is 0.273. The molecule has 2 rings (SSSR count). The molecule has 94 valence electrons. The predicted octanol–water partition coefficient (Wildman–Crippen LogP) is 0.416. The van der Waals surface area contributed by atoms with E-state index in [9.17, 15) is 4.79 Å². The number of aromatic nitrogens is 4. The largest absolute Gasteiger partial charge is 0.485 e. The lowest BCUT2D eigenvalue weighted by Crippen LogP contribution is -2.01. The summed E-state index contributed by atoms with van der Waals surface area (Å²) in [5.41, 5.74) is 0.729. The average Bonchev–Trinajstić information content (AvgIpc) is 2.74. The van der Waals surface area contributed by atoms with Crippen LogP contribution in [0.25, 0.3) is 0 Å². The first-order valence-corrected chi connectivity index (χ1v) is 5.30. The number of carbonyl (C=O) groups is 1. The van der Waals surface area contributed by atoms with Gasteiger partial charge in [0.2, 0.25) is 5.82 Å². The lowest BCUT2D eigenvalue weighted by atomic mass is 10.1. The van der Waals surface area contributed by atoms with Crippen LogP contribution in [0.1, 0.15) is 11.4 Å². The number of tetrazole rings is 1. The van der Waals surface area contributed by atoms with Crippen molar-refractivity contribution in [1.82, 2.24) is 20.2 Å². The number of carboxylic acid groups (broad SMARTS) is 1. The summed E-state index contributed by atoms with van der Waals surface area (Å²) in [7, 11) is 1.68. The number of aliphatic carboxylic acids is 1. The number of nitrogens with zero attached hydrogens (tertiary/aromatic N) is 4. The maximum Gasteiger partial charge on any atom is 0.307 e. The molecule has 0 fully saturated rings. The van der Waals surface area contributed by atoms with Gasteiger partial charge in [-0.05, 0) is 22.9 Å². The second-order valence-electron chi connectivity index (χ2n) is 3.70. The van der Waals surface area contributed by atoms with Gasteiger partial charge in [0.1, 0.15) is 5.75 Å². The van der Waals surface area contributed by atoms with Crippen LogP contribution in [0.5, 0.6) is 5.75 Å². The highest BCUT2D eigenvalue weighted by Gasteiger charge is 2.03. The molecular formula is C11H12N4O3. The maximum absolute atomic E-state index is 10.5. The summed E-state index contributed by atoms with van der Waals surface area (Å²) >= 11 is 0. The summed E-state index contributed by atoms with van der Waals surface area (Å²) in [6, 6.07) is 6.87. The number of benzene rings is 1. The van der Waals surface area contributed by atoms with Gasteiger partial charge < -0.3 is 9.84 Å². The van der Waals surface area contributed by atoms with E-state index in [1.807, 2.05) is 0 Å². The molecule has 1 heterocycles. The molecule has 1 aromatic carbocycles. The fourth-order valence-electron chi connectivity index (χ4n) is 1.41. The molecule has 7 heteroatoms. The Kier molecular flexibility index (Phi) is 3.52. The predicted molar refractivity (Wildman–Crippen MR) is 60.9 cm³/mol. The van der Waals surface area contributed by atoms with E-state index in [0.29, 0.717) is 11.6 Å². The molecule has 1 N–H and O–H groups in total. The van der Waals surface area contributed by atoms with Gasteiger partial charge in [0.05, 0.1) is 13.5 Å². The average molecular weight is 248 g/mol. The molecule has 0 unspecified atom stereocenters. The normalized spacial score (nSPS) is 10.3. The van der Waals surface area contributed by atoms with E-state index in [1.165, 1.54) is 4.80 Å². The van der Waals surface area contributed by atoms with Crippen molar-refractivity contribution in [3.63, 3.8) is 0 Å². The summed E-state index contributed by atoms with van der Waals surface area (Å²) < 4.78 is 5.44. The quantitative estimate of drug-likeness (QED) is 0.824. The van der Waals surface area contributed by atoms with Crippen molar-refractivity contribution in [1.29, 1.82) is 0 Å². The van der Waals surface area contributed by atoms with Crippen LogP contribution in [-0.2, 0) is 24.9 Å². The molecular weight excluding hydrogens is 236 g/mol. The molecule has 0 radical (unpaired) electrons. The van der Waals surface area contributed by atoms with Crippen molar-refractivity contribution in [3.8, 4) is 5.75 Å². The number of rotatable bonds is 5. The molecule has 18 heavy (non-hydrogen) atoms. The number of ether oxygens (including phenoxy) is 1. The Morgan fingerprint density at radius 2 is 2.11 bits per heavy atom. The smallest absolute Gasteiger partial charge is 0.307 e. The first kappa shape index (κ1) is 12.0. The van der Waals surface area contributed by atoms with Crippen LogP contribution in [0.15, 0.2) is 24.3 Å². The van der Waals surface area contributed by atoms with Gasteiger partial charge in [0, 0.05) is 0 Å². The minimum Gasteiger partial charge on any atom is -0.485 e. The van der Waals surface area contributed by atoms with Crippen LogP contribution in [-0.4, -0.2) is 31.3 Å². The van der Waals surface area contributed by atoms with E-state index >= 15 is 0 Å². The van der Waals surface area contributed by atoms with E-state index in [4.69, 9.17) is 9.84 Å². The summed E-state index contributed by atoms with van der Waals surface area (Å²) in [4.78, 5) is 11.9. The lowest BCUT2D eigenvalue weighted by Gasteiger charge is -2.03. The van der Waals surface area contributed by atoms with E-state index < -0.39 is 5.97 Å². The second kappa shape index (κ2) is 5.26. The van der Waals surface area contributed by atoms with Gasteiger partial charge in [-0.1, -0.05) is 12.1 Å². The third-order valence-electron chi connectivity index (χ3n) is 2.20. The van der Waals surface area contributed by atoms with Gasteiger partial charge in [-0.15, -0.1) is 10.2 Å². The summed E-state index contributed by atoms with van der Waals surface area (Å²) in [5, 5.41) is 20.1. The van der Waals surface area contributed by atoms with Gasteiger partial charge in [-0.2, -0.15) is 4.80 Å². The van der Waals surface area contributed by atoms with Gasteiger partial charge >= 0.3 is 5.97 Å². The van der Waals surface area contributed by atoms with Gasteiger partial charge in [-0.25, -0.2) is 0 Å². The van der Waals surface area contributed by atoms with E-state index in [1.54, 1.807) is 31.3 Å². The molecule has 0 spiro atoms. The van der Waals surface area contributed by atoms with Gasteiger partial charge in [-0.3, -0.25) is 4.79 Å². The highest BCUT2D eigenvalue weighted by Crippen LogP contribution is 2.13. The number of hydrogen-bond donors (Lipinski definition) is 1. The number of aryl methyl sites for hydroxylation is 1. The van der Waals surface area contributed by atoms with Crippen molar-refractivity contribution >= 4 is 5.97 Å². The highest BCUT2D eigenvalue weighted by atomic mass is 16.5. The molecule has 0 aliphatic carbocycles. The Balaban J connectivity index is 1.92. The SMILES string of the molecule is Cn1nnc(COc2ccc(CC(=O)O)cc2)n1. The molecule has 0 atom stereocenters. The first-order chi connectivity index (χ1) is 8.63. The van der Waals surface area contributed by atoms with Crippen LogP contribution < -0.4 is 4.74 Å². The summed E-state index contributed by atoms with van der Waals surface area (Å²) in [5.74, 6) is 0.274. The molecule has 0 aliphatic rings. The highest BCUT2D eigenvalue weighted by molar-refractivity contribution is 5.70. The molecule has 0 amide bonds. The van der Waals surface area contributed by atoms with Crippen LogP contribution in [0.3, 0.4) is 0 Å². The van der Waals surface area contributed by atoms with Gasteiger partial charge in [0.15, 0.2) is 6.61 Å². The molecule has 2 aromatic rings. The summed E-state index contributed by atoms with van der Waals surface area (Å²) in [6.07, 6.45) is 0.00595. The Bertz CT molecular complexity index is 535. The molecule has 7 nitrogen and oxygen atoms in total. The van der Waals surface area contributed by atoms with Crippen LogP contribution >= 0.6 is 0 Å². The van der Waals surface area contributed by atoms with Crippen molar-refractivity contribution in [2.45, 2.75) is 13.0 Å². The minimum atomic E-state index is -0.854. The topological polar surface area (TPSA) is 90.1 Å². The Hall–Kier alpha value is -2.44. The molecule has 0 bridgehead atoms. The zero-order valence-corrected chi connectivity index (χ0v) is 9.78. The Morgan fingerprint density at radius 1 is 1.39 bits per heavy atom. The maximum atomic E-state index is 10.5. The standard InChI is InChI=1S/C11H12N4O3/c1-15-13-10(12-14-15)7-18-9-4-2-8(3-5-9)6-11(16)17/h2-5H,6-7H2,1H3,(H,16,17). The zero-order valence-electron chi connectivity index (χ0n) is 9.78. The van der Waals surface area contributed by atoms with E-state index in [2.05, 4.69) is 15.4 Å². The lowest BCUT2D eigenvalue weighted by molar-refractivity contribution is -0.136. The first-order valence-electron chi connectivity index (χ1n) is 5.30. The van der Waals surface area contributed by atoms with Crippen LogP contribution in [0, 0.1) is 0 Å². The van der Waals surface area contributed by atoms with Crippen molar-refractivity contribution in [2.75, 3.05) is 0 Å². The fourth-order valence-corrected chi connectivity index (χ4v) is 1.41. The molecule has 0 aliphatic heterocycles. The molecule has 1 aromatic heterocycles. The van der Waals surface area contributed by atoms with Crippen molar-refractivity contribution in [2.24, 2.45) is 7.05 Å². The number of carboxylic acids is 1. The monoisotopic (exact) mass is 248 g/mol. The third kappa shape index (κ3) is 3.27. The third-order valence-corrected chi connectivity index (χ3v) is 2.20. The Labute approximate surface area is 103 Å². The number of hydrogen-bond acceptors (Lipinski definition) is 5. The minimum absolute atomic E-state index is 0.00595. The van der Waals surface area contributed by atoms with Crippen LogP contribution in [0.2, 0.25) is 0 Å². The second-order valence-corrected chi connectivity index (χ2v) is 3.70. The summed E-state index contributed by atoms with van der Waals surface area (Å²) in [6.45, 7) is 0.228. The Morgan fingerprint density at radius 3 is 2.67 bits per heavy atom. The zero-order chi connectivity index (χ0) is 13.0. The molecule has 0 saturated heterocycles. The van der Waals surface area contributed by atoms with E-state index in [0.717, 1.165) is 5.56 Å². The van der Waals surface area contributed by atoms with Crippen molar-refractivity contribution in [3.05, 3.63) is 35.7 Å². The van der Waals surface area contributed by atoms with E-state index in [-0.39, 0.29) is 13.0 Å². The van der Waals surface area contributed by atoms with Crippen molar-refractivity contribution < 1.29 is 14.6 Å². The van der Waals surface area contributed by atoms with Gasteiger partial charge in [0.25, 0.3) is 0 Å².